The fourth-order valence-corrected chi connectivity index (χ4v) is 6.30. The maximum atomic E-state index is 11.0. The Balaban J connectivity index is 1.29. The van der Waals surface area contributed by atoms with Gasteiger partial charge in [-0.3, -0.25) is 4.55 Å². The van der Waals surface area contributed by atoms with Gasteiger partial charge in [-0.25, -0.2) is 9.97 Å². The van der Waals surface area contributed by atoms with Crippen LogP contribution in [0.3, 0.4) is 0 Å². The van der Waals surface area contributed by atoms with Crippen LogP contribution in [0.5, 0.6) is 5.75 Å². The summed E-state index contributed by atoms with van der Waals surface area (Å²) in [5, 5.41) is 40.9. The van der Waals surface area contributed by atoms with Gasteiger partial charge in [-0.15, -0.1) is 22.7 Å². The van der Waals surface area contributed by atoms with Gasteiger partial charge >= 0.3 is 0 Å². The molecule has 5 N–H and O–H groups in total. The predicted octanol–water partition coefficient (Wildman–Crippen LogP) is 1.69. The maximum Gasteiger partial charge on any atom is 0.265 e. The second-order valence-corrected chi connectivity index (χ2v) is 12.4. The number of hydrogen-bond donors (Lipinski definition) is 5. The largest absolute Gasteiger partial charge is 0.462 e. The van der Waals surface area contributed by atoms with Crippen LogP contribution in [0.1, 0.15) is 15.6 Å². The molecule has 2 aromatic carbocycles. The molecule has 0 radical (unpaired) electrons. The van der Waals surface area contributed by atoms with Gasteiger partial charge in [0.05, 0.1) is 32.8 Å². The van der Waals surface area contributed by atoms with E-state index in [4.69, 9.17) is 14.0 Å². The molecule has 1 fully saturated rings. The monoisotopic (exact) mass is 580 g/mol. The molecule has 14 heteroatoms. The number of nitrogens with zero attached hydrogens (tertiary/aromatic N) is 2. The number of aliphatic hydroxyl groups is 4. The van der Waals surface area contributed by atoms with Gasteiger partial charge in [-0.1, -0.05) is 6.07 Å². The summed E-state index contributed by atoms with van der Waals surface area (Å²) in [6.07, 6.45) is -2.94. The van der Waals surface area contributed by atoms with Crippen molar-refractivity contribution in [1.82, 2.24) is 9.97 Å². The highest BCUT2D eigenvalue weighted by Crippen LogP contribution is 2.31. The fourth-order valence-electron chi connectivity index (χ4n) is 3.97. The van der Waals surface area contributed by atoms with Gasteiger partial charge in [0, 0.05) is 0 Å². The molecule has 3 heterocycles. The summed E-state index contributed by atoms with van der Waals surface area (Å²) in [7, 11) is -4.02. The highest BCUT2D eigenvalue weighted by atomic mass is 32.2. The first-order valence-electron chi connectivity index (χ1n) is 11.5. The van der Waals surface area contributed by atoms with Crippen molar-refractivity contribution in [2.75, 3.05) is 12.4 Å². The number of ether oxygens (including phenoxy) is 2. The van der Waals surface area contributed by atoms with Gasteiger partial charge in [-0.2, -0.15) is 8.42 Å². The van der Waals surface area contributed by atoms with Crippen molar-refractivity contribution in [3.63, 3.8) is 0 Å². The first-order valence-corrected chi connectivity index (χ1v) is 14.7. The third-order valence-corrected chi connectivity index (χ3v) is 8.65. The molecule has 1 unspecified atom stereocenters. The van der Waals surface area contributed by atoms with E-state index in [0.29, 0.717) is 5.75 Å². The Bertz CT molecular complexity index is 1580. The van der Waals surface area contributed by atoms with Gasteiger partial charge in [0.1, 0.15) is 40.2 Å². The highest BCUT2D eigenvalue weighted by Gasteiger charge is 2.44. The standard InChI is InChI=1S/C24H24N2O9S3/c27-11-16-21(28)22(29)23(30)24(35-16)34-13-2-4-15-18(10-13)37-20(26-15)6-5-19-25-14-3-1-12(9-17(14)36-19)7-8-38(31,32)33/h1-6,9-10,16,21-24,27-30H,7-8,11H2,(H,31,32,33)/t16-,21+,22+,23-,24?/m1/s1. The zero-order chi connectivity index (χ0) is 27.0. The average molecular weight is 581 g/mol. The molecule has 4 aromatic rings. The van der Waals surface area contributed by atoms with E-state index in [1.54, 1.807) is 24.3 Å². The van der Waals surface area contributed by atoms with Crippen molar-refractivity contribution in [1.29, 1.82) is 0 Å². The van der Waals surface area contributed by atoms with Crippen LogP contribution in [0.4, 0.5) is 0 Å². The first kappa shape index (κ1) is 27.1. The SMILES string of the molecule is O=S(=O)(O)CCc1ccc2nc(C=Cc3nc4ccc(OC5O[C@H](CO)[C@H](O)[C@H](O)[C@H]5O)cc4s3)sc2c1. The van der Waals surface area contributed by atoms with E-state index in [0.717, 1.165) is 36.0 Å². The van der Waals surface area contributed by atoms with Crippen molar-refractivity contribution in [2.24, 2.45) is 0 Å². The highest BCUT2D eigenvalue weighted by molar-refractivity contribution is 7.85. The third-order valence-electron chi connectivity index (χ3n) is 5.96. The van der Waals surface area contributed by atoms with Gasteiger partial charge in [0.15, 0.2) is 0 Å². The number of aliphatic hydroxyl groups excluding tert-OH is 4. The molecular weight excluding hydrogens is 556 g/mol. The van der Waals surface area contributed by atoms with Crippen molar-refractivity contribution in [3.8, 4) is 5.75 Å². The number of fused-ring (bicyclic) bond motifs is 2. The zero-order valence-corrected chi connectivity index (χ0v) is 22.1. The molecule has 202 valence electrons. The minimum Gasteiger partial charge on any atom is -0.462 e. The van der Waals surface area contributed by atoms with Crippen LogP contribution in [-0.2, 0) is 21.3 Å². The molecule has 0 aliphatic carbocycles. The molecule has 0 amide bonds. The number of aryl methyl sites for hydroxylation is 1. The van der Waals surface area contributed by atoms with E-state index in [2.05, 4.69) is 9.97 Å². The molecule has 38 heavy (non-hydrogen) atoms. The van der Waals surface area contributed by atoms with Crippen LogP contribution in [0.25, 0.3) is 32.6 Å². The molecule has 1 aliphatic heterocycles. The van der Waals surface area contributed by atoms with Crippen LogP contribution >= 0.6 is 22.7 Å². The maximum absolute atomic E-state index is 11.0. The van der Waals surface area contributed by atoms with Gasteiger partial charge < -0.3 is 29.9 Å². The lowest BCUT2D eigenvalue weighted by Crippen LogP contribution is -2.60. The average Bonchev–Trinajstić information content (AvgIpc) is 3.48. The summed E-state index contributed by atoms with van der Waals surface area (Å²) in [4.78, 5) is 9.15. The smallest absolute Gasteiger partial charge is 0.265 e. The summed E-state index contributed by atoms with van der Waals surface area (Å²) < 4.78 is 43.8. The Hall–Kier alpha value is -2.53. The third kappa shape index (κ3) is 6.03. The number of aromatic nitrogens is 2. The molecule has 0 spiro atoms. The van der Waals surface area contributed by atoms with Gasteiger partial charge in [0.25, 0.3) is 10.1 Å². The van der Waals surface area contributed by atoms with Gasteiger partial charge in [-0.05, 0) is 54.5 Å². The van der Waals surface area contributed by atoms with E-state index >= 15 is 0 Å². The Labute approximate surface area is 225 Å². The van der Waals surface area contributed by atoms with Crippen LogP contribution in [0.15, 0.2) is 36.4 Å². The Morgan fingerprint density at radius 3 is 2.18 bits per heavy atom. The van der Waals surface area contributed by atoms with Crippen molar-refractivity contribution in [2.45, 2.75) is 37.1 Å². The summed E-state index contributed by atoms with van der Waals surface area (Å²) in [6, 6.07) is 10.6. The van der Waals surface area contributed by atoms with Gasteiger partial charge in [0.2, 0.25) is 6.29 Å². The van der Waals surface area contributed by atoms with Crippen LogP contribution in [0, 0.1) is 0 Å². The van der Waals surface area contributed by atoms with Crippen LogP contribution in [0.2, 0.25) is 0 Å². The van der Waals surface area contributed by atoms with E-state index < -0.39 is 47.4 Å². The fraction of sp³-hybridized carbons (Fsp3) is 0.333. The van der Waals surface area contributed by atoms with E-state index in [-0.39, 0.29) is 12.2 Å². The molecule has 5 atom stereocenters. The number of benzene rings is 2. The van der Waals surface area contributed by atoms with E-state index in [1.165, 1.54) is 22.7 Å². The van der Waals surface area contributed by atoms with Crippen molar-refractivity contribution < 1.29 is 42.9 Å². The summed E-state index contributed by atoms with van der Waals surface area (Å²) in [6.45, 7) is -0.543. The molecule has 2 aromatic heterocycles. The topological polar surface area (TPSA) is 180 Å². The van der Waals surface area contributed by atoms with Crippen molar-refractivity contribution >= 4 is 65.4 Å². The second kappa shape index (κ2) is 10.9. The normalized spacial score (nSPS) is 24.5. The Morgan fingerprint density at radius 1 is 0.921 bits per heavy atom. The van der Waals surface area contributed by atoms with Crippen LogP contribution in [-0.4, -0.2) is 86.4 Å². The molecule has 0 bridgehead atoms. The molecule has 0 saturated carbocycles. The first-order chi connectivity index (χ1) is 18.1. The summed E-state index contributed by atoms with van der Waals surface area (Å²) in [5.74, 6) is 0.0220. The van der Waals surface area contributed by atoms with E-state index in [9.17, 15) is 28.8 Å². The predicted molar refractivity (Wildman–Crippen MR) is 143 cm³/mol. The lowest BCUT2D eigenvalue weighted by Gasteiger charge is -2.39. The summed E-state index contributed by atoms with van der Waals surface area (Å²) >= 11 is 2.85. The van der Waals surface area contributed by atoms with E-state index in [1.807, 2.05) is 24.3 Å². The lowest BCUT2D eigenvalue weighted by molar-refractivity contribution is -0.277. The van der Waals surface area contributed by atoms with Crippen LogP contribution < -0.4 is 4.74 Å². The molecule has 1 saturated heterocycles. The number of thiazole rings is 2. The van der Waals surface area contributed by atoms with Crippen molar-refractivity contribution in [3.05, 3.63) is 52.0 Å². The Kier molecular flexibility index (Phi) is 7.77. The number of rotatable bonds is 8. The minimum atomic E-state index is -4.02. The molecular formula is C24H24N2O9S3. The molecule has 1 aliphatic rings. The second-order valence-electron chi connectivity index (χ2n) is 8.72. The zero-order valence-electron chi connectivity index (χ0n) is 19.6. The summed E-state index contributed by atoms with van der Waals surface area (Å²) in [5.41, 5.74) is 2.30. The quantitative estimate of drug-likeness (QED) is 0.191. The minimum absolute atomic E-state index is 0.214. The molecule has 5 rings (SSSR count). The number of hydrogen-bond acceptors (Lipinski definition) is 12. The Morgan fingerprint density at radius 2 is 1.55 bits per heavy atom. The lowest BCUT2D eigenvalue weighted by atomic mass is 9.99. The molecule has 11 nitrogen and oxygen atoms in total.